The molecule has 2 rings (SSSR count). The van der Waals surface area contributed by atoms with Crippen molar-refractivity contribution in [2.24, 2.45) is 0 Å². The van der Waals surface area contributed by atoms with Crippen LogP contribution in [0.4, 0.5) is 5.69 Å². The SMILES string of the molecule is COc1cc([C@H]2[NH2+][C@H](C(=O)[O-])CS2)cc([N+](=O)[O-])c1[O-]. The Morgan fingerprint density at radius 3 is 2.75 bits per heavy atom. The zero-order valence-electron chi connectivity index (χ0n) is 10.4. The molecule has 1 aromatic rings. The third-order valence-corrected chi connectivity index (χ3v) is 4.31. The summed E-state index contributed by atoms with van der Waals surface area (Å²) in [7, 11) is 1.25. The zero-order chi connectivity index (χ0) is 14.9. The van der Waals surface area contributed by atoms with Gasteiger partial charge in [-0.05, 0) is 6.07 Å². The topological polar surface area (TPSA) is 132 Å². The van der Waals surface area contributed by atoms with Crippen molar-refractivity contribution in [1.29, 1.82) is 0 Å². The molecule has 1 fully saturated rings. The number of quaternary nitrogens is 1. The Labute approximate surface area is 117 Å². The van der Waals surface area contributed by atoms with E-state index in [0.717, 1.165) is 6.07 Å². The highest BCUT2D eigenvalue weighted by Crippen LogP contribution is 2.38. The Balaban J connectivity index is 2.35. The summed E-state index contributed by atoms with van der Waals surface area (Å²) in [6.07, 6.45) is 0. The second kappa shape index (κ2) is 5.55. The van der Waals surface area contributed by atoms with Crippen LogP contribution < -0.4 is 20.3 Å². The molecule has 0 aliphatic carbocycles. The first-order chi connectivity index (χ1) is 9.43. The lowest BCUT2D eigenvalue weighted by Gasteiger charge is -2.16. The largest absolute Gasteiger partial charge is 0.865 e. The number of methoxy groups -OCH3 is 1. The van der Waals surface area contributed by atoms with Crippen LogP contribution in [0.3, 0.4) is 0 Å². The number of carboxylic acids is 1. The van der Waals surface area contributed by atoms with Gasteiger partial charge in [0.15, 0.2) is 5.37 Å². The first kappa shape index (κ1) is 14.4. The number of nitro groups is 1. The maximum Gasteiger partial charge on any atom is 0.265 e. The predicted octanol–water partition coefficient (Wildman–Crippen LogP) is -1.90. The maximum absolute atomic E-state index is 11.7. The van der Waals surface area contributed by atoms with Crippen molar-refractivity contribution in [3.63, 3.8) is 0 Å². The van der Waals surface area contributed by atoms with Crippen molar-refractivity contribution >= 4 is 23.4 Å². The number of carboxylic acid groups (broad SMARTS) is 1. The number of benzene rings is 1. The van der Waals surface area contributed by atoms with Gasteiger partial charge in [0.2, 0.25) is 0 Å². The number of aliphatic carboxylic acids is 1. The van der Waals surface area contributed by atoms with Crippen LogP contribution >= 0.6 is 11.8 Å². The van der Waals surface area contributed by atoms with E-state index in [1.165, 1.54) is 24.9 Å². The molecule has 0 aromatic heterocycles. The number of hydrogen-bond acceptors (Lipinski definition) is 7. The number of nitrogens with zero attached hydrogens (tertiary/aromatic N) is 1. The van der Waals surface area contributed by atoms with Crippen LogP contribution in [0.2, 0.25) is 0 Å². The molecule has 1 saturated heterocycles. The van der Waals surface area contributed by atoms with Crippen LogP contribution in [-0.2, 0) is 4.79 Å². The summed E-state index contributed by atoms with van der Waals surface area (Å²) in [6.45, 7) is 0. The van der Waals surface area contributed by atoms with Gasteiger partial charge < -0.3 is 25.1 Å². The van der Waals surface area contributed by atoms with Gasteiger partial charge in [-0.25, -0.2) is 0 Å². The minimum atomic E-state index is -1.18. The van der Waals surface area contributed by atoms with Gasteiger partial charge in [0, 0.05) is 17.4 Å². The number of thioether (sulfide) groups is 1. The lowest BCUT2D eigenvalue weighted by molar-refractivity contribution is -0.690. The second-order valence-electron chi connectivity index (χ2n) is 4.20. The van der Waals surface area contributed by atoms with Crippen LogP contribution in [0, 0.1) is 10.1 Å². The number of rotatable bonds is 4. The van der Waals surface area contributed by atoms with E-state index in [1.807, 2.05) is 0 Å². The molecule has 1 aliphatic heterocycles. The zero-order valence-corrected chi connectivity index (χ0v) is 11.2. The highest BCUT2D eigenvalue weighted by atomic mass is 32.2. The molecule has 9 heteroatoms. The molecular weight excluding hydrogens is 288 g/mol. The first-order valence-electron chi connectivity index (χ1n) is 5.64. The van der Waals surface area contributed by atoms with Crippen LogP contribution in [0.25, 0.3) is 0 Å². The third kappa shape index (κ3) is 2.63. The summed E-state index contributed by atoms with van der Waals surface area (Å²) in [5.41, 5.74) is -0.104. The number of hydrogen-bond donors (Lipinski definition) is 1. The van der Waals surface area contributed by atoms with Crippen LogP contribution in [0.15, 0.2) is 12.1 Å². The van der Waals surface area contributed by atoms with Crippen molar-refractivity contribution in [2.75, 3.05) is 12.9 Å². The van der Waals surface area contributed by atoms with Crippen molar-refractivity contribution < 1.29 is 30.0 Å². The normalized spacial score (nSPS) is 21.6. The molecule has 0 bridgehead atoms. The highest BCUT2D eigenvalue weighted by Gasteiger charge is 2.32. The third-order valence-electron chi connectivity index (χ3n) is 2.97. The summed E-state index contributed by atoms with van der Waals surface area (Å²) < 4.78 is 4.84. The highest BCUT2D eigenvalue weighted by molar-refractivity contribution is 7.99. The van der Waals surface area contributed by atoms with Crippen LogP contribution in [0.5, 0.6) is 11.5 Å². The minimum absolute atomic E-state index is 0.125. The molecule has 0 saturated carbocycles. The van der Waals surface area contributed by atoms with Gasteiger partial charge in [0.25, 0.3) is 5.69 Å². The molecular formula is C11H11N2O6S-. The summed E-state index contributed by atoms with van der Waals surface area (Å²) in [6, 6.07) is 1.86. The quantitative estimate of drug-likeness (QED) is 0.507. The molecule has 0 amide bonds. The summed E-state index contributed by atoms with van der Waals surface area (Å²) in [5.74, 6) is -1.76. The van der Waals surface area contributed by atoms with Crippen molar-refractivity contribution in [3.8, 4) is 11.5 Å². The van der Waals surface area contributed by atoms with Gasteiger partial charge in [-0.1, -0.05) is 11.8 Å². The predicted molar refractivity (Wildman–Crippen MR) is 65.0 cm³/mol. The fourth-order valence-electron chi connectivity index (χ4n) is 1.94. The second-order valence-corrected chi connectivity index (χ2v) is 5.37. The van der Waals surface area contributed by atoms with Crippen LogP contribution in [0.1, 0.15) is 10.9 Å². The van der Waals surface area contributed by atoms with E-state index in [4.69, 9.17) is 4.74 Å². The number of carbonyl (C=O) groups is 1. The van der Waals surface area contributed by atoms with E-state index in [2.05, 4.69) is 0 Å². The van der Waals surface area contributed by atoms with E-state index in [1.54, 1.807) is 5.32 Å². The van der Waals surface area contributed by atoms with Crippen LogP contribution in [-0.4, -0.2) is 29.8 Å². The molecule has 0 spiro atoms. The van der Waals surface area contributed by atoms with E-state index in [9.17, 15) is 25.1 Å². The fourth-order valence-corrected chi connectivity index (χ4v) is 3.23. The Morgan fingerprint density at radius 2 is 2.25 bits per heavy atom. The Hall–Kier alpha value is -2.00. The monoisotopic (exact) mass is 299 g/mol. The number of nitro benzene ring substituents is 1. The molecule has 8 nitrogen and oxygen atoms in total. The standard InChI is InChI=1S/C11H12N2O6S/c1-19-8-3-5(2-7(9(8)14)13(17)18)10-12-6(4-20-10)11(15)16/h2-3,6,10,12,14H,4H2,1H3,(H,15,16)/p-1/t6-,10-/m0/s1. The molecule has 1 aliphatic rings. The molecule has 1 aromatic carbocycles. The number of carbonyl (C=O) groups excluding carboxylic acids is 1. The molecule has 0 unspecified atom stereocenters. The molecule has 2 N–H and O–H groups in total. The van der Waals surface area contributed by atoms with Crippen molar-refractivity contribution in [2.45, 2.75) is 11.4 Å². The molecule has 1 heterocycles. The van der Waals surface area contributed by atoms with Gasteiger partial charge in [-0.3, -0.25) is 10.1 Å². The first-order valence-corrected chi connectivity index (χ1v) is 6.69. The van der Waals surface area contributed by atoms with Crippen molar-refractivity contribution in [1.82, 2.24) is 0 Å². The van der Waals surface area contributed by atoms with Gasteiger partial charge in [0.1, 0.15) is 17.8 Å². The minimum Gasteiger partial charge on any atom is -0.865 e. The average molecular weight is 299 g/mol. The summed E-state index contributed by atoms with van der Waals surface area (Å²) >= 11 is 1.32. The van der Waals surface area contributed by atoms with E-state index < -0.39 is 28.4 Å². The van der Waals surface area contributed by atoms with Gasteiger partial charge in [0.05, 0.1) is 17.8 Å². The van der Waals surface area contributed by atoms with Gasteiger partial charge >= 0.3 is 0 Å². The fraction of sp³-hybridized carbons (Fsp3) is 0.364. The number of nitrogens with two attached hydrogens (primary N) is 1. The maximum atomic E-state index is 11.7. The molecule has 20 heavy (non-hydrogen) atoms. The van der Waals surface area contributed by atoms with E-state index >= 15 is 0 Å². The van der Waals surface area contributed by atoms with E-state index in [-0.39, 0.29) is 11.1 Å². The lowest BCUT2D eigenvalue weighted by atomic mass is 10.1. The molecule has 0 radical (unpaired) electrons. The Kier molecular flexibility index (Phi) is 4.00. The van der Waals surface area contributed by atoms with Gasteiger partial charge in [-0.2, -0.15) is 0 Å². The molecule has 108 valence electrons. The van der Waals surface area contributed by atoms with Crippen molar-refractivity contribution in [3.05, 3.63) is 27.8 Å². The summed E-state index contributed by atoms with van der Waals surface area (Å²) in [5, 5.41) is 34.5. The Morgan fingerprint density at radius 1 is 1.55 bits per heavy atom. The van der Waals surface area contributed by atoms with E-state index in [0.29, 0.717) is 11.3 Å². The summed E-state index contributed by atoms with van der Waals surface area (Å²) in [4.78, 5) is 20.9. The average Bonchev–Trinajstić information content (AvgIpc) is 2.88. The molecule has 2 atom stereocenters. The lowest BCUT2D eigenvalue weighted by Crippen LogP contribution is -2.90. The number of ether oxygens (including phenoxy) is 1. The Bertz CT molecular complexity index is 564. The van der Waals surface area contributed by atoms with Gasteiger partial charge in [-0.15, -0.1) is 0 Å². The smallest absolute Gasteiger partial charge is 0.265 e.